The molecule has 3 amide bonds. The predicted molar refractivity (Wildman–Crippen MR) is 106 cm³/mol. The number of carbonyl (C=O) groups excluding carboxylic acids is 3. The molecule has 2 aromatic rings. The lowest BCUT2D eigenvalue weighted by molar-refractivity contribution is -0.138. The molecule has 1 aromatic carbocycles. The summed E-state index contributed by atoms with van der Waals surface area (Å²) in [5.74, 6) is -1.01. The maximum absolute atomic E-state index is 12.9. The number of hydrogen-bond acceptors (Lipinski definition) is 4. The minimum absolute atomic E-state index is 0.00734. The summed E-state index contributed by atoms with van der Waals surface area (Å²) < 4.78 is 12.9. The second-order valence-electron chi connectivity index (χ2n) is 6.79. The summed E-state index contributed by atoms with van der Waals surface area (Å²) in [7, 11) is 1.59. The van der Waals surface area contributed by atoms with Crippen molar-refractivity contribution in [2.24, 2.45) is 5.92 Å². The van der Waals surface area contributed by atoms with Crippen molar-refractivity contribution in [3.63, 3.8) is 0 Å². The average Bonchev–Trinajstić information content (AvgIpc) is 3.23. The van der Waals surface area contributed by atoms with Crippen molar-refractivity contribution in [1.82, 2.24) is 9.80 Å². The zero-order valence-electron chi connectivity index (χ0n) is 15.6. The number of benzene rings is 1. The number of thiophene rings is 1. The number of nitrogens with zero attached hydrogens (tertiary/aromatic N) is 2. The van der Waals surface area contributed by atoms with Gasteiger partial charge in [-0.1, -0.05) is 6.07 Å². The van der Waals surface area contributed by atoms with E-state index in [-0.39, 0.29) is 36.0 Å². The second kappa shape index (κ2) is 8.97. The third-order valence-corrected chi connectivity index (χ3v) is 5.61. The van der Waals surface area contributed by atoms with Crippen LogP contribution in [0.15, 0.2) is 41.8 Å². The van der Waals surface area contributed by atoms with Crippen LogP contribution in [-0.2, 0) is 9.59 Å². The lowest BCUT2D eigenvalue weighted by Gasteiger charge is -2.32. The third-order valence-electron chi connectivity index (χ3n) is 4.75. The second-order valence-corrected chi connectivity index (χ2v) is 7.74. The number of amides is 3. The third kappa shape index (κ3) is 4.95. The molecule has 0 radical (unpaired) electrons. The fourth-order valence-corrected chi connectivity index (χ4v) is 3.92. The molecule has 1 fully saturated rings. The number of anilines is 1. The van der Waals surface area contributed by atoms with E-state index >= 15 is 0 Å². The molecule has 1 N–H and O–H groups in total. The van der Waals surface area contributed by atoms with Crippen LogP contribution >= 0.6 is 11.3 Å². The van der Waals surface area contributed by atoms with Crippen molar-refractivity contribution >= 4 is 34.7 Å². The Bertz CT molecular complexity index is 831. The first-order valence-corrected chi connectivity index (χ1v) is 9.95. The number of carbonyl (C=O) groups is 3. The predicted octanol–water partition coefficient (Wildman–Crippen LogP) is 2.84. The van der Waals surface area contributed by atoms with Crippen molar-refractivity contribution in [3.8, 4) is 0 Å². The van der Waals surface area contributed by atoms with Crippen LogP contribution in [0, 0.1) is 11.7 Å². The minimum Gasteiger partial charge on any atom is -0.338 e. The molecule has 0 saturated carbocycles. The molecule has 0 atom stereocenters. The monoisotopic (exact) mass is 403 g/mol. The summed E-state index contributed by atoms with van der Waals surface area (Å²) in [5, 5.41) is 4.51. The Morgan fingerprint density at radius 2 is 1.86 bits per heavy atom. The van der Waals surface area contributed by atoms with Crippen molar-refractivity contribution in [2.45, 2.75) is 12.8 Å². The molecule has 8 heteroatoms. The number of piperidine rings is 1. The van der Waals surface area contributed by atoms with E-state index in [0.29, 0.717) is 36.5 Å². The van der Waals surface area contributed by atoms with Crippen LogP contribution in [-0.4, -0.2) is 54.2 Å². The van der Waals surface area contributed by atoms with E-state index in [0.717, 1.165) is 0 Å². The molecule has 0 unspecified atom stereocenters. The smallest absolute Gasteiger partial charge is 0.263 e. The maximum Gasteiger partial charge on any atom is 0.263 e. The lowest BCUT2D eigenvalue weighted by Crippen LogP contribution is -2.44. The number of hydrogen-bond donors (Lipinski definition) is 1. The molecule has 148 valence electrons. The molecule has 2 heterocycles. The van der Waals surface area contributed by atoms with Gasteiger partial charge in [-0.3, -0.25) is 14.4 Å². The maximum atomic E-state index is 12.9. The number of halogens is 1. The Balaban J connectivity index is 1.47. The van der Waals surface area contributed by atoms with Gasteiger partial charge in [-0.15, -0.1) is 11.3 Å². The quantitative estimate of drug-likeness (QED) is 0.835. The van der Waals surface area contributed by atoms with Crippen LogP contribution < -0.4 is 5.32 Å². The fraction of sp³-hybridized carbons (Fsp3) is 0.350. The Kier molecular flexibility index (Phi) is 6.41. The van der Waals surface area contributed by atoms with E-state index in [1.165, 1.54) is 40.5 Å². The van der Waals surface area contributed by atoms with Crippen LogP contribution in [0.4, 0.5) is 10.1 Å². The van der Waals surface area contributed by atoms with Crippen LogP contribution in [0.1, 0.15) is 22.5 Å². The Hall–Kier alpha value is -2.74. The number of rotatable bonds is 5. The van der Waals surface area contributed by atoms with Gasteiger partial charge >= 0.3 is 0 Å². The van der Waals surface area contributed by atoms with Gasteiger partial charge in [0.05, 0.1) is 11.4 Å². The van der Waals surface area contributed by atoms with E-state index in [2.05, 4.69) is 5.32 Å². The van der Waals surface area contributed by atoms with Crippen LogP contribution in [0.5, 0.6) is 0 Å². The SMILES string of the molecule is CN(CC(=O)Nc1ccc(F)cc1)C(=O)C1CCN(C(=O)c2cccs2)CC1. The van der Waals surface area contributed by atoms with Gasteiger partial charge in [0.2, 0.25) is 11.8 Å². The van der Waals surface area contributed by atoms with Crippen molar-refractivity contribution in [3.05, 3.63) is 52.5 Å². The molecule has 6 nitrogen and oxygen atoms in total. The number of nitrogens with one attached hydrogen (secondary N) is 1. The van der Waals surface area contributed by atoms with Gasteiger partial charge < -0.3 is 15.1 Å². The molecular formula is C20H22FN3O3S. The highest BCUT2D eigenvalue weighted by Gasteiger charge is 2.30. The van der Waals surface area contributed by atoms with Crippen LogP contribution in [0.3, 0.4) is 0 Å². The summed E-state index contributed by atoms with van der Waals surface area (Å²) >= 11 is 1.41. The molecule has 1 saturated heterocycles. The van der Waals surface area contributed by atoms with Gasteiger partial charge in [-0.25, -0.2) is 4.39 Å². The summed E-state index contributed by atoms with van der Waals surface area (Å²) in [6.07, 6.45) is 1.17. The Morgan fingerprint density at radius 3 is 2.46 bits per heavy atom. The van der Waals surface area contributed by atoms with E-state index in [1.807, 2.05) is 11.4 Å². The molecule has 0 spiro atoms. The van der Waals surface area contributed by atoms with E-state index in [4.69, 9.17) is 0 Å². The van der Waals surface area contributed by atoms with Gasteiger partial charge in [0.15, 0.2) is 0 Å². The van der Waals surface area contributed by atoms with Crippen molar-refractivity contribution in [2.75, 3.05) is 32.0 Å². The zero-order chi connectivity index (χ0) is 20.1. The number of likely N-dealkylation sites (tertiary alicyclic amines) is 1. The first-order chi connectivity index (χ1) is 13.4. The summed E-state index contributed by atoms with van der Waals surface area (Å²) in [6, 6.07) is 9.11. The van der Waals surface area contributed by atoms with E-state index in [1.54, 1.807) is 18.0 Å². The zero-order valence-corrected chi connectivity index (χ0v) is 16.4. The van der Waals surface area contributed by atoms with Crippen LogP contribution in [0.25, 0.3) is 0 Å². The van der Waals surface area contributed by atoms with Gasteiger partial charge in [0, 0.05) is 31.7 Å². The van der Waals surface area contributed by atoms with E-state index in [9.17, 15) is 18.8 Å². The minimum atomic E-state index is -0.380. The summed E-state index contributed by atoms with van der Waals surface area (Å²) in [5.41, 5.74) is 0.479. The largest absolute Gasteiger partial charge is 0.338 e. The summed E-state index contributed by atoms with van der Waals surface area (Å²) in [4.78, 5) is 41.0. The standard InChI is InChI=1S/C20H22FN3O3S/c1-23(13-18(25)22-16-6-4-15(21)5-7-16)19(26)14-8-10-24(11-9-14)20(27)17-3-2-12-28-17/h2-7,12,14H,8-11,13H2,1H3,(H,22,25). The topological polar surface area (TPSA) is 69.7 Å². The Morgan fingerprint density at radius 1 is 1.18 bits per heavy atom. The van der Waals surface area contributed by atoms with Gasteiger partial charge in [0.1, 0.15) is 5.82 Å². The Labute approximate surface area is 166 Å². The molecule has 3 rings (SSSR count). The first kappa shape index (κ1) is 20.0. The molecule has 1 aliphatic rings. The molecule has 1 aromatic heterocycles. The van der Waals surface area contributed by atoms with Crippen LogP contribution in [0.2, 0.25) is 0 Å². The van der Waals surface area contributed by atoms with Gasteiger partial charge in [-0.2, -0.15) is 0 Å². The molecule has 1 aliphatic heterocycles. The highest BCUT2D eigenvalue weighted by molar-refractivity contribution is 7.12. The molecule has 0 bridgehead atoms. The first-order valence-electron chi connectivity index (χ1n) is 9.07. The van der Waals surface area contributed by atoms with Crippen molar-refractivity contribution in [1.29, 1.82) is 0 Å². The highest BCUT2D eigenvalue weighted by Crippen LogP contribution is 2.22. The summed E-state index contributed by atoms with van der Waals surface area (Å²) in [6.45, 7) is 0.982. The molecule has 0 aliphatic carbocycles. The van der Waals surface area contributed by atoms with Gasteiger partial charge in [-0.05, 0) is 48.6 Å². The fourth-order valence-electron chi connectivity index (χ4n) is 3.22. The average molecular weight is 403 g/mol. The number of likely N-dealkylation sites (N-methyl/N-ethyl adjacent to an activating group) is 1. The molecular weight excluding hydrogens is 381 g/mol. The van der Waals surface area contributed by atoms with Gasteiger partial charge in [0.25, 0.3) is 5.91 Å². The normalized spacial score (nSPS) is 14.6. The van der Waals surface area contributed by atoms with Crippen molar-refractivity contribution < 1.29 is 18.8 Å². The highest BCUT2D eigenvalue weighted by atomic mass is 32.1. The molecule has 28 heavy (non-hydrogen) atoms. The lowest BCUT2D eigenvalue weighted by atomic mass is 9.95. The van der Waals surface area contributed by atoms with E-state index < -0.39 is 0 Å².